The quantitative estimate of drug-likeness (QED) is 0.460. The van der Waals surface area contributed by atoms with Gasteiger partial charge in [0, 0.05) is 12.2 Å². The lowest BCUT2D eigenvalue weighted by Gasteiger charge is -2.27. The first-order valence-electron chi connectivity index (χ1n) is 10.3. The molecule has 0 aliphatic carbocycles. The van der Waals surface area contributed by atoms with E-state index >= 15 is 0 Å². The number of para-hydroxylation sites is 1. The van der Waals surface area contributed by atoms with Crippen LogP contribution in [0.4, 0.5) is 24.5 Å². The lowest BCUT2D eigenvalue weighted by atomic mass is 10.2. The second kappa shape index (κ2) is 8.96. The van der Waals surface area contributed by atoms with Gasteiger partial charge in [-0.3, -0.25) is 9.10 Å². The summed E-state index contributed by atoms with van der Waals surface area (Å²) >= 11 is 5.74. The Morgan fingerprint density at radius 2 is 1.74 bits per heavy atom. The molecule has 0 saturated heterocycles. The second-order valence-corrected chi connectivity index (χ2v) is 10.2. The normalized spacial score (nSPS) is 13.6. The van der Waals surface area contributed by atoms with Crippen molar-refractivity contribution in [1.82, 2.24) is 0 Å². The molecule has 1 amide bonds. The summed E-state index contributed by atoms with van der Waals surface area (Å²) in [6.45, 7) is 1.45. The fraction of sp³-hybridized carbons (Fsp3) is 0.208. The molecule has 3 aromatic rings. The van der Waals surface area contributed by atoms with Crippen molar-refractivity contribution >= 4 is 38.9 Å². The molecule has 5 nitrogen and oxygen atoms in total. The van der Waals surface area contributed by atoms with Gasteiger partial charge in [-0.25, -0.2) is 8.42 Å². The van der Waals surface area contributed by atoms with Gasteiger partial charge < -0.3 is 4.90 Å². The SMILES string of the molecule is Cc1ccc(S(=O)(=O)N(CC(=O)N2CCc3ccccc32)c2ccc(Cl)c(C(F)(F)F)c2)cc1. The molecule has 10 heteroatoms. The number of anilines is 2. The fourth-order valence-corrected chi connectivity index (χ4v) is 5.47. The molecule has 34 heavy (non-hydrogen) atoms. The van der Waals surface area contributed by atoms with Crippen molar-refractivity contribution in [3.05, 3.63) is 88.4 Å². The Morgan fingerprint density at radius 3 is 2.41 bits per heavy atom. The van der Waals surface area contributed by atoms with E-state index in [0.717, 1.165) is 23.3 Å². The molecule has 0 spiro atoms. The van der Waals surface area contributed by atoms with Crippen LogP contribution in [-0.4, -0.2) is 27.4 Å². The van der Waals surface area contributed by atoms with Crippen LogP contribution in [0, 0.1) is 6.92 Å². The van der Waals surface area contributed by atoms with Crippen LogP contribution >= 0.6 is 11.6 Å². The Balaban J connectivity index is 1.78. The largest absolute Gasteiger partial charge is 0.417 e. The average molecular weight is 509 g/mol. The van der Waals surface area contributed by atoms with E-state index in [-0.39, 0.29) is 10.6 Å². The summed E-state index contributed by atoms with van der Waals surface area (Å²) in [6.07, 6.45) is -4.20. The molecule has 1 aliphatic rings. The van der Waals surface area contributed by atoms with Gasteiger partial charge in [0.05, 0.1) is 21.2 Å². The molecule has 1 aliphatic heterocycles. The number of sulfonamides is 1. The number of amides is 1. The fourth-order valence-electron chi connectivity index (χ4n) is 3.84. The van der Waals surface area contributed by atoms with E-state index in [1.54, 1.807) is 31.2 Å². The molecular formula is C24H20ClF3N2O3S. The van der Waals surface area contributed by atoms with Gasteiger partial charge in [-0.1, -0.05) is 47.5 Å². The number of carbonyl (C=O) groups is 1. The molecule has 0 radical (unpaired) electrons. The number of halogens is 4. The van der Waals surface area contributed by atoms with Gasteiger partial charge in [0.1, 0.15) is 6.54 Å². The molecule has 178 valence electrons. The molecule has 3 aromatic carbocycles. The van der Waals surface area contributed by atoms with Crippen LogP contribution in [0.3, 0.4) is 0 Å². The monoisotopic (exact) mass is 508 g/mol. The van der Waals surface area contributed by atoms with Crippen LogP contribution in [0.1, 0.15) is 16.7 Å². The van der Waals surface area contributed by atoms with E-state index in [4.69, 9.17) is 11.6 Å². The van der Waals surface area contributed by atoms with Crippen molar-refractivity contribution in [2.45, 2.75) is 24.4 Å². The Morgan fingerprint density at radius 1 is 1.06 bits per heavy atom. The molecule has 0 bridgehead atoms. The third-order valence-corrected chi connectivity index (χ3v) is 7.74. The Hall–Kier alpha value is -3.04. The maximum Gasteiger partial charge on any atom is 0.417 e. The number of nitrogens with zero attached hydrogens (tertiary/aromatic N) is 2. The third kappa shape index (κ3) is 4.63. The van der Waals surface area contributed by atoms with Crippen molar-refractivity contribution in [3.8, 4) is 0 Å². The number of alkyl halides is 3. The second-order valence-electron chi connectivity index (χ2n) is 7.91. The summed E-state index contributed by atoms with van der Waals surface area (Å²) in [4.78, 5) is 14.6. The highest BCUT2D eigenvalue weighted by molar-refractivity contribution is 7.92. The van der Waals surface area contributed by atoms with E-state index in [9.17, 15) is 26.4 Å². The molecule has 1 heterocycles. The number of aryl methyl sites for hydroxylation is 1. The highest BCUT2D eigenvalue weighted by atomic mass is 35.5. The minimum Gasteiger partial charge on any atom is -0.310 e. The number of hydrogen-bond acceptors (Lipinski definition) is 3. The molecule has 4 rings (SSSR count). The number of carbonyl (C=O) groups excluding carboxylic acids is 1. The van der Waals surface area contributed by atoms with E-state index in [1.165, 1.54) is 17.0 Å². The standard InChI is InChI=1S/C24H20ClF3N2O3S/c1-16-6-9-19(10-7-16)34(32,33)30(18-8-11-21(25)20(14-18)24(26,27)28)15-23(31)29-13-12-17-4-2-3-5-22(17)29/h2-11,14H,12-13,15H2,1H3. The number of rotatable bonds is 5. The zero-order chi connectivity index (χ0) is 24.7. The highest BCUT2D eigenvalue weighted by Crippen LogP contribution is 2.38. The predicted octanol–water partition coefficient (Wildman–Crippen LogP) is 5.45. The lowest BCUT2D eigenvalue weighted by Crippen LogP contribution is -2.42. The maximum absolute atomic E-state index is 13.5. The topological polar surface area (TPSA) is 57.7 Å². The number of fused-ring (bicyclic) bond motifs is 1. The van der Waals surface area contributed by atoms with Crippen molar-refractivity contribution in [2.24, 2.45) is 0 Å². The predicted molar refractivity (Wildman–Crippen MR) is 125 cm³/mol. The Kier molecular flexibility index (Phi) is 6.35. The minimum atomic E-state index is -4.80. The maximum atomic E-state index is 13.5. The van der Waals surface area contributed by atoms with E-state index in [0.29, 0.717) is 29.0 Å². The van der Waals surface area contributed by atoms with Gasteiger partial charge in [-0.2, -0.15) is 13.2 Å². The zero-order valence-corrected chi connectivity index (χ0v) is 19.6. The smallest absolute Gasteiger partial charge is 0.310 e. The zero-order valence-electron chi connectivity index (χ0n) is 18.0. The van der Waals surface area contributed by atoms with E-state index < -0.39 is 39.2 Å². The first-order valence-corrected chi connectivity index (χ1v) is 12.1. The van der Waals surface area contributed by atoms with Crippen LogP contribution in [0.5, 0.6) is 0 Å². The van der Waals surface area contributed by atoms with Gasteiger partial charge in [0.15, 0.2) is 0 Å². The average Bonchev–Trinajstić information content (AvgIpc) is 3.21. The molecule has 0 saturated carbocycles. The summed E-state index contributed by atoms with van der Waals surface area (Å²) in [5, 5.41) is -0.566. The lowest BCUT2D eigenvalue weighted by molar-refractivity contribution is -0.137. The number of benzene rings is 3. The van der Waals surface area contributed by atoms with Gasteiger partial charge in [0.25, 0.3) is 10.0 Å². The Bertz CT molecular complexity index is 1340. The van der Waals surface area contributed by atoms with Gasteiger partial charge >= 0.3 is 6.18 Å². The molecule has 0 N–H and O–H groups in total. The van der Waals surface area contributed by atoms with Crippen LogP contribution in [0.2, 0.25) is 5.02 Å². The third-order valence-electron chi connectivity index (χ3n) is 5.62. The first kappa shape index (κ1) is 24.1. The summed E-state index contributed by atoms with van der Waals surface area (Å²) in [6, 6.07) is 15.9. The molecule has 0 unspecified atom stereocenters. The molecule has 0 atom stereocenters. The molecule has 0 aromatic heterocycles. The minimum absolute atomic E-state index is 0.142. The molecule has 0 fully saturated rings. The summed E-state index contributed by atoms with van der Waals surface area (Å²) in [5.41, 5.74) is 0.913. The van der Waals surface area contributed by atoms with Crippen molar-refractivity contribution in [1.29, 1.82) is 0 Å². The highest BCUT2D eigenvalue weighted by Gasteiger charge is 2.36. The summed E-state index contributed by atoms with van der Waals surface area (Å²) in [7, 11) is -4.37. The summed E-state index contributed by atoms with van der Waals surface area (Å²) < 4.78 is 68.3. The number of hydrogen-bond donors (Lipinski definition) is 0. The van der Waals surface area contributed by atoms with E-state index in [1.807, 2.05) is 12.1 Å². The van der Waals surface area contributed by atoms with Crippen LogP contribution < -0.4 is 9.21 Å². The van der Waals surface area contributed by atoms with Crippen LogP contribution in [0.15, 0.2) is 71.6 Å². The van der Waals surface area contributed by atoms with Gasteiger partial charge in [-0.15, -0.1) is 0 Å². The van der Waals surface area contributed by atoms with Crippen molar-refractivity contribution in [3.63, 3.8) is 0 Å². The van der Waals surface area contributed by atoms with Crippen molar-refractivity contribution < 1.29 is 26.4 Å². The van der Waals surface area contributed by atoms with E-state index in [2.05, 4.69) is 0 Å². The van der Waals surface area contributed by atoms with Crippen LogP contribution in [-0.2, 0) is 27.4 Å². The van der Waals surface area contributed by atoms with Gasteiger partial charge in [-0.05, 0) is 55.3 Å². The van der Waals surface area contributed by atoms with Crippen molar-refractivity contribution in [2.75, 3.05) is 22.3 Å². The first-order chi connectivity index (χ1) is 16.0. The summed E-state index contributed by atoms with van der Waals surface area (Å²) in [5.74, 6) is -0.552. The van der Waals surface area contributed by atoms with Gasteiger partial charge in [0.2, 0.25) is 5.91 Å². The van der Waals surface area contributed by atoms with Crippen LogP contribution in [0.25, 0.3) is 0 Å². The Labute approximate surface area is 200 Å². The molecular weight excluding hydrogens is 489 g/mol.